The molecule has 2 rings (SSSR count). The number of alkyl halides is 3. The Balaban J connectivity index is 2.08. The fourth-order valence-corrected chi connectivity index (χ4v) is 3.02. The molecule has 0 unspecified atom stereocenters. The standard InChI is InChI=1S/C18H16F3NO2S/c1-13-8-9-17(11-14(13)2)25(23,24)22-10-4-6-15-5-3-7-16(12-15)18(19,20)21/h3,5,7-9,11-12,22H,10H2,1-2H3. The zero-order valence-electron chi connectivity index (χ0n) is 13.6. The van der Waals surface area contributed by atoms with Gasteiger partial charge in [0.15, 0.2) is 0 Å². The minimum atomic E-state index is -4.44. The molecule has 1 N–H and O–H groups in total. The molecule has 2 aromatic carbocycles. The molecule has 7 heteroatoms. The molecule has 0 heterocycles. The molecule has 0 atom stereocenters. The van der Waals surface area contributed by atoms with E-state index in [4.69, 9.17) is 0 Å². The van der Waals surface area contributed by atoms with Crippen molar-refractivity contribution in [3.05, 3.63) is 64.7 Å². The van der Waals surface area contributed by atoms with Crippen LogP contribution in [0.4, 0.5) is 13.2 Å². The van der Waals surface area contributed by atoms with Crippen LogP contribution >= 0.6 is 0 Å². The summed E-state index contributed by atoms with van der Waals surface area (Å²) in [5, 5.41) is 0. The highest BCUT2D eigenvalue weighted by molar-refractivity contribution is 7.89. The Kier molecular flexibility index (Phi) is 5.55. The molecule has 2 aromatic rings. The van der Waals surface area contributed by atoms with Gasteiger partial charge in [-0.1, -0.05) is 24.0 Å². The molecule has 0 aliphatic rings. The van der Waals surface area contributed by atoms with Crippen molar-refractivity contribution in [1.82, 2.24) is 4.72 Å². The topological polar surface area (TPSA) is 46.2 Å². The molecule has 0 aromatic heterocycles. The number of aryl methyl sites for hydroxylation is 2. The molecule has 25 heavy (non-hydrogen) atoms. The van der Waals surface area contributed by atoms with E-state index in [1.54, 1.807) is 12.1 Å². The van der Waals surface area contributed by atoms with E-state index in [1.807, 2.05) is 13.8 Å². The number of benzene rings is 2. The average molecular weight is 367 g/mol. The van der Waals surface area contributed by atoms with Crippen LogP contribution in [0.15, 0.2) is 47.4 Å². The molecule has 0 amide bonds. The van der Waals surface area contributed by atoms with Crippen molar-refractivity contribution >= 4 is 10.0 Å². The van der Waals surface area contributed by atoms with Crippen LogP contribution in [0, 0.1) is 25.7 Å². The van der Waals surface area contributed by atoms with Crippen molar-refractivity contribution in [3.63, 3.8) is 0 Å². The predicted octanol–water partition coefficient (Wildman–Crippen LogP) is 3.65. The number of nitrogens with one attached hydrogen (secondary N) is 1. The second kappa shape index (κ2) is 7.30. The highest BCUT2D eigenvalue weighted by atomic mass is 32.2. The first-order chi connectivity index (χ1) is 11.6. The van der Waals surface area contributed by atoms with E-state index < -0.39 is 21.8 Å². The highest BCUT2D eigenvalue weighted by Gasteiger charge is 2.30. The van der Waals surface area contributed by atoms with Crippen LogP contribution in [-0.4, -0.2) is 15.0 Å². The molecule has 3 nitrogen and oxygen atoms in total. The van der Waals surface area contributed by atoms with Gasteiger partial charge >= 0.3 is 6.18 Å². The number of hydrogen-bond donors (Lipinski definition) is 1. The first-order valence-electron chi connectivity index (χ1n) is 7.33. The summed E-state index contributed by atoms with van der Waals surface area (Å²) in [6, 6.07) is 9.31. The molecule has 0 aliphatic carbocycles. The van der Waals surface area contributed by atoms with Gasteiger partial charge in [0, 0.05) is 5.56 Å². The zero-order valence-corrected chi connectivity index (χ0v) is 14.4. The van der Waals surface area contributed by atoms with E-state index in [2.05, 4.69) is 16.6 Å². The predicted molar refractivity (Wildman–Crippen MR) is 89.4 cm³/mol. The Labute approximate surface area is 144 Å². The van der Waals surface area contributed by atoms with Gasteiger partial charge in [0.05, 0.1) is 17.0 Å². The Morgan fingerprint density at radius 1 is 1.04 bits per heavy atom. The third kappa shape index (κ3) is 5.08. The van der Waals surface area contributed by atoms with Crippen molar-refractivity contribution < 1.29 is 21.6 Å². The fourth-order valence-electron chi connectivity index (χ4n) is 2.02. The number of hydrogen-bond acceptors (Lipinski definition) is 2. The van der Waals surface area contributed by atoms with E-state index in [0.29, 0.717) is 0 Å². The number of sulfonamides is 1. The fraction of sp³-hybridized carbons (Fsp3) is 0.222. The van der Waals surface area contributed by atoms with Crippen LogP contribution in [0.5, 0.6) is 0 Å². The molecule has 0 saturated carbocycles. The second-order valence-electron chi connectivity index (χ2n) is 5.45. The van der Waals surface area contributed by atoms with Gasteiger partial charge in [-0.15, -0.1) is 0 Å². The summed E-state index contributed by atoms with van der Waals surface area (Å²) in [7, 11) is -3.72. The Hall–Kier alpha value is -2.30. The molecular weight excluding hydrogens is 351 g/mol. The van der Waals surface area contributed by atoms with Crippen LogP contribution in [0.25, 0.3) is 0 Å². The molecule has 0 spiro atoms. The SMILES string of the molecule is Cc1ccc(S(=O)(=O)NCC#Cc2cccc(C(F)(F)F)c2)cc1C. The normalized spacial score (nSPS) is 11.7. The Morgan fingerprint density at radius 3 is 2.40 bits per heavy atom. The van der Waals surface area contributed by atoms with Crippen molar-refractivity contribution in [1.29, 1.82) is 0 Å². The molecule has 0 aliphatic heterocycles. The van der Waals surface area contributed by atoms with Crippen LogP contribution in [0.3, 0.4) is 0 Å². The van der Waals surface area contributed by atoms with Crippen LogP contribution in [0.2, 0.25) is 0 Å². The lowest BCUT2D eigenvalue weighted by Gasteiger charge is -2.07. The summed E-state index contributed by atoms with van der Waals surface area (Å²) >= 11 is 0. The number of rotatable bonds is 3. The van der Waals surface area contributed by atoms with E-state index in [-0.39, 0.29) is 17.0 Å². The molecule has 0 bridgehead atoms. The highest BCUT2D eigenvalue weighted by Crippen LogP contribution is 2.29. The van der Waals surface area contributed by atoms with Crippen molar-refractivity contribution in [2.45, 2.75) is 24.9 Å². The zero-order chi connectivity index (χ0) is 18.7. The Morgan fingerprint density at radius 2 is 1.76 bits per heavy atom. The summed E-state index contributed by atoms with van der Waals surface area (Å²) in [6.07, 6.45) is -4.44. The lowest BCUT2D eigenvalue weighted by Crippen LogP contribution is -2.24. The maximum Gasteiger partial charge on any atom is 0.416 e. The van der Waals surface area contributed by atoms with Crippen molar-refractivity contribution in [2.75, 3.05) is 6.54 Å². The third-order valence-corrected chi connectivity index (χ3v) is 4.96. The lowest BCUT2D eigenvalue weighted by atomic mass is 10.1. The molecule has 132 valence electrons. The van der Waals surface area contributed by atoms with Gasteiger partial charge in [-0.3, -0.25) is 0 Å². The number of halogens is 3. The van der Waals surface area contributed by atoms with Gasteiger partial charge in [0.1, 0.15) is 0 Å². The van der Waals surface area contributed by atoms with Crippen LogP contribution in [-0.2, 0) is 16.2 Å². The summed E-state index contributed by atoms with van der Waals surface area (Å²) < 4.78 is 64.5. The quantitative estimate of drug-likeness (QED) is 0.842. The summed E-state index contributed by atoms with van der Waals surface area (Å²) in [6.45, 7) is 3.48. The Bertz CT molecular complexity index is 939. The van der Waals surface area contributed by atoms with E-state index in [0.717, 1.165) is 23.3 Å². The third-order valence-electron chi connectivity index (χ3n) is 3.56. The minimum Gasteiger partial charge on any atom is -0.207 e. The van der Waals surface area contributed by atoms with Gasteiger partial charge in [-0.05, 0) is 55.3 Å². The lowest BCUT2D eigenvalue weighted by molar-refractivity contribution is -0.137. The molecular formula is C18H16F3NO2S. The molecule has 0 radical (unpaired) electrons. The van der Waals surface area contributed by atoms with Crippen LogP contribution < -0.4 is 4.72 Å². The van der Waals surface area contributed by atoms with Crippen LogP contribution in [0.1, 0.15) is 22.3 Å². The van der Waals surface area contributed by atoms with Crippen molar-refractivity contribution in [2.24, 2.45) is 0 Å². The summed E-state index contributed by atoms with van der Waals surface area (Å²) in [4.78, 5) is 0.122. The van der Waals surface area contributed by atoms with Gasteiger partial charge in [-0.2, -0.15) is 17.9 Å². The second-order valence-corrected chi connectivity index (χ2v) is 7.22. The van der Waals surface area contributed by atoms with Crippen molar-refractivity contribution in [3.8, 4) is 11.8 Å². The largest absolute Gasteiger partial charge is 0.416 e. The minimum absolute atomic E-state index is 0.122. The van der Waals surface area contributed by atoms with Gasteiger partial charge < -0.3 is 0 Å². The molecule has 0 saturated heterocycles. The van der Waals surface area contributed by atoms with Gasteiger partial charge in [0.25, 0.3) is 0 Å². The average Bonchev–Trinajstić information content (AvgIpc) is 2.53. The summed E-state index contributed by atoms with van der Waals surface area (Å²) in [5.41, 5.74) is 1.19. The summed E-state index contributed by atoms with van der Waals surface area (Å²) in [5.74, 6) is 5.05. The maximum atomic E-state index is 12.6. The monoisotopic (exact) mass is 367 g/mol. The first kappa shape index (κ1) is 19.0. The maximum absolute atomic E-state index is 12.6. The molecule has 0 fully saturated rings. The van der Waals surface area contributed by atoms with E-state index in [1.165, 1.54) is 18.2 Å². The van der Waals surface area contributed by atoms with E-state index >= 15 is 0 Å². The van der Waals surface area contributed by atoms with E-state index in [9.17, 15) is 21.6 Å². The van der Waals surface area contributed by atoms with Gasteiger partial charge in [0.2, 0.25) is 10.0 Å². The smallest absolute Gasteiger partial charge is 0.207 e. The first-order valence-corrected chi connectivity index (χ1v) is 8.81. The van der Waals surface area contributed by atoms with Gasteiger partial charge in [-0.25, -0.2) is 8.42 Å².